The van der Waals surface area contributed by atoms with Crippen molar-refractivity contribution in [3.05, 3.63) is 107 Å². The molecule has 3 aromatic carbocycles. The fourth-order valence-electron chi connectivity index (χ4n) is 2.99. The highest BCUT2D eigenvalue weighted by molar-refractivity contribution is 5.34. The molecule has 0 aromatic heterocycles. The molecule has 0 aliphatic heterocycles. The van der Waals surface area contributed by atoms with E-state index in [0.717, 1.165) is 26.2 Å². The first-order valence-electron chi connectivity index (χ1n) is 8.89. The molecule has 128 valence electrons. The first kappa shape index (κ1) is 17.4. The minimum atomic E-state index is 0.896. The van der Waals surface area contributed by atoms with Crippen LogP contribution >= 0.6 is 0 Å². The van der Waals surface area contributed by atoms with Crippen molar-refractivity contribution >= 4 is 0 Å². The maximum Gasteiger partial charge on any atom is 0.0211 e. The highest BCUT2D eigenvalue weighted by Crippen LogP contribution is 2.14. The molecule has 0 heterocycles. The molecular formula is C23H26N2. The van der Waals surface area contributed by atoms with E-state index in [1.165, 1.54) is 27.8 Å². The first-order chi connectivity index (χ1) is 12.3. The first-order valence-corrected chi connectivity index (χ1v) is 8.89. The van der Waals surface area contributed by atoms with Crippen molar-refractivity contribution in [1.82, 2.24) is 10.6 Å². The molecule has 0 unspecified atom stereocenters. The standard InChI is InChI=1S/C23H26N2/c1-19-22(17-24-15-20-9-4-2-5-10-20)13-8-14-23(19)18-25-16-21-11-6-3-7-12-21/h2-14,24-25H,15-18H2,1H3. The van der Waals surface area contributed by atoms with Gasteiger partial charge in [-0.25, -0.2) is 0 Å². The number of hydrogen-bond acceptors (Lipinski definition) is 2. The van der Waals surface area contributed by atoms with Crippen LogP contribution in [-0.2, 0) is 26.2 Å². The van der Waals surface area contributed by atoms with Gasteiger partial charge in [-0.2, -0.15) is 0 Å². The van der Waals surface area contributed by atoms with Crippen molar-refractivity contribution in [2.75, 3.05) is 0 Å². The molecule has 2 N–H and O–H groups in total. The second-order valence-electron chi connectivity index (χ2n) is 6.38. The largest absolute Gasteiger partial charge is 0.309 e. The molecule has 0 atom stereocenters. The van der Waals surface area contributed by atoms with E-state index >= 15 is 0 Å². The second kappa shape index (κ2) is 9.16. The van der Waals surface area contributed by atoms with E-state index in [2.05, 4.69) is 96.4 Å². The maximum atomic E-state index is 3.55. The molecule has 25 heavy (non-hydrogen) atoms. The summed E-state index contributed by atoms with van der Waals surface area (Å²) in [5, 5.41) is 7.10. The molecule has 0 aliphatic rings. The van der Waals surface area contributed by atoms with E-state index < -0.39 is 0 Å². The summed E-state index contributed by atoms with van der Waals surface area (Å²) in [5.74, 6) is 0. The van der Waals surface area contributed by atoms with Crippen LogP contribution in [0.3, 0.4) is 0 Å². The van der Waals surface area contributed by atoms with Gasteiger partial charge in [-0.15, -0.1) is 0 Å². The monoisotopic (exact) mass is 330 g/mol. The van der Waals surface area contributed by atoms with Crippen LogP contribution < -0.4 is 10.6 Å². The zero-order chi connectivity index (χ0) is 17.3. The lowest BCUT2D eigenvalue weighted by molar-refractivity contribution is 0.676. The number of hydrogen-bond donors (Lipinski definition) is 2. The van der Waals surface area contributed by atoms with Crippen LogP contribution in [0.5, 0.6) is 0 Å². The summed E-state index contributed by atoms with van der Waals surface area (Å²) in [6.45, 7) is 5.81. The van der Waals surface area contributed by atoms with Crippen LogP contribution in [0.1, 0.15) is 27.8 Å². The van der Waals surface area contributed by atoms with Crippen molar-refractivity contribution in [1.29, 1.82) is 0 Å². The van der Waals surface area contributed by atoms with Gasteiger partial charge in [0.1, 0.15) is 0 Å². The van der Waals surface area contributed by atoms with Crippen LogP contribution in [0, 0.1) is 6.92 Å². The number of rotatable bonds is 8. The highest BCUT2D eigenvalue weighted by Gasteiger charge is 2.04. The minimum Gasteiger partial charge on any atom is -0.309 e. The Kier molecular flexibility index (Phi) is 6.38. The highest BCUT2D eigenvalue weighted by atomic mass is 14.9. The third-order valence-electron chi connectivity index (χ3n) is 4.53. The summed E-state index contributed by atoms with van der Waals surface area (Å²) in [6, 6.07) is 27.7. The van der Waals surface area contributed by atoms with Crippen LogP contribution in [0.4, 0.5) is 0 Å². The number of nitrogens with one attached hydrogen (secondary N) is 2. The number of benzene rings is 3. The third kappa shape index (κ3) is 5.28. The smallest absolute Gasteiger partial charge is 0.0211 e. The Hall–Kier alpha value is -2.42. The Balaban J connectivity index is 1.52. The van der Waals surface area contributed by atoms with Crippen molar-refractivity contribution in [3.63, 3.8) is 0 Å². The van der Waals surface area contributed by atoms with Crippen LogP contribution in [0.25, 0.3) is 0 Å². The Labute approximate surface area is 150 Å². The van der Waals surface area contributed by atoms with Gasteiger partial charge in [0.15, 0.2) is 0 Å². The predicted molar refractivity (Wildman–Crippen MR) is 105 cm³/mol. The Morgan fingerprint density at radius 3 is 1.40 bits per heavy atom. The van der Waals surface area contributed by atoms with Gasteiger partial charge >= 0.3 is 0 Å². The molecule has 3 rings (SSSR count). The maximum absolute atomic E-state index is 3.55. The lowest BCUT2D eigenvalue weighted by Gasteiger charge is -2.13. The lowest BCUT2D eigenvalue weighted by atomic mass is 10.0. The molecule has 2 nitrogen and oxygen atoms in total. The molecule has 0 amide bonds. The second-order valence-corrected chi connectivity index (χ2v) is 6.38. The van der Waals surface area contributed by atoms with E-state index in [1.54, 1.807) is 0 Å². The SMILES string of the molecule is Cc1c(CNCc2ccccc2)cccc1CNCc1ccccc1. The average molecular weight is 330 g/mol. The summed E-state index contributed by atoms with van der Waals surface area (Å²) >= 11 is 0. The summed E-state index contributed by atoms with van der Waals surface area (Å²) < 4.78 is 0. The Morgan fingerprint density at radius 2 is 0.960 bits per heavy atom. The quantitative estimate of drug-likeness (QED) is 0.632. The molecular weight excluding hydrogens is 304 g/mol. The van der Waals surface area contributed by atoms with Crippen molar-refractivity contribution in [2.45, 2.75) is 33.1 Å². The normalized spacial score (nSPS) is 10.8. The molecule has 0 aliphatic carbocycles. The molecule has 0 fully saturated rings. The third-order valence-corrected chi connectivity index (χ3v) is 4.53. The van der Waals surface area contributed by atoms with Gasteiger partial charge in [-0.1, -0.05) is 78.9 Å². The zero-order valence-electron chi connectivity index (χ0n) is 14.8. The van der Waals surface area contributed by atoms with E-state index in [9.17, 15) is 0 Å². The van der Waals surface area contributed by atoms with Crippen molar-refractivity contribution in [3.8, 4) is 0 Å². The average Bonchev–Trinajstić information content (AvgIpc) is 2.66. The minimum absolute atomic E-state index is 0.896. The van der Waals surface area contributed by atoms with E-state index in [0.29, 0.717) is 0 Å². The lowest BCUT2D eigenvalue weighted by Crippen LogP contribution is -2.16. The Bertz CT molecular complexity index is 703. The molecule has 2 heteroatoms. The molecule has 0 radical (unpaired) electrons. The molecule has 0 saturated carbocycles. The van der Waals surface area contributed by atoms with Gasteiger partial charge in [0.2, 0.25) is 0 Å². The van der Waals surface area contributed by atoms with Gasteiger partial charge < -0.3 is 10.6 Å². The summed E-state index contributed by atoms with van der Waals surface area (Å²) in [4.78, 5) is 0. The van der Waals surface area contributed by atoms with E-state index in [-0.39, 0.29) is 0 Å². The van der Waals surface area contributed by atoms with Crippen molar-refractivity contribution in [2.24, 2.45) is 0 Å². The van der Waals surface area contributed by atoms with E-state index in [1.807, 2.05) is 0 Å². The molecule has 0 bridgehead atoms. The van der Waals surface area contributed by atoms with Gasteiger partial charge in [0.25, 0.3) is 0 Å². The summed E-state index contributed by atoms with van der Waals surface area (Å²) in [6.07, 6.45) is 0. The summed E-state index contributed by atoms with van der Waals surface area (Å²) in [5.41, 5.74) is 6.76. The van der Waals surface area contributed by atoms with Crippen LogP contribution in [0.2, 0.25) is 0 Å². The molecule has 0 spiro atoms. The Morgan fingerprint density at radius 1 is 0.520 bits per heavy atom. The fraction of sp³-hybridized carbons (Fsp3) is 0.217. The van der Waals surface area contributed by atoms with Crippen molar-refractivity contribution < 1.29 is 0 Å². The van der Waals surface area contributed by atoms with Gasteiger partial charge in [0, 0.05) is 26.2 Å². The molecule has 0 saturated heterocycles. The van der Waals surface area contributed by atoms with Crippen LogP contribution in [0.15, 0.2) is 78.9 Å². The van der Waals surface area contributed by atoms with E-state index in [4.69, 9.17) is 0 Å². The topological polar surface area (TPSA) is 24.1 Å². The zero-order valence-corrected chi connectivity index (χ0v) is 14.8. The summed E-state index contributed by atoms with van der Waals surface area (Å²) in [7, 11) is 0. The van der Waals surface area contributed by atoms with Gasteiger partial charge in [-0.05, 0) is 34.7 Å². The molecule has 3 aromatic rings. The predicted octanol–water partition coefficient (Wildman–Crippen LogP) is 4.57. The fourth-order valence-corrected chi connectivity index (χ4v) is 2.99. The van der Waals surface area contributed by atoms with Gasteiger partial charge in [0.05, 0.1) is 0 Å². The van der Waals surface area contributed by atoms with Crippen LogP contribution in [-0.4, -0.2) is 0 Å². The van der Waals surface area contributed by atoms with Gasteiger partial charge in [-0.3, -0.25) is 0 Å².